The lowest BCUT2D eigenvalue weighted by Crippen LogP contribution is -2.29. The zero-order chi connectivity index (χ0) is 23.8. The Kier molecular flexibility index (Phi) is 5.58. The van der Waals surface area contributed by atoms with Crippen molar-refractivity contribution in [3.8, 4) is 33.6 Å². The minimum absolute atomic E-state index is 0.195. The molecule has 0 unspecified atom stereocenters. The van der Waals surface area contributed by atoms with E-state index in [1.54, 1.807) is 6.20 Å². The summed E-state index contributed by atoms with van der Waals surface area (Å²) in [5.41, 5.74) is 6.35. The lowest BCUT2D eigenvalue weighted by molar-refractivity contribution is 0.139. The van der Waals surface area contributed by atoms with E-state index in [9.17, 15) is 9.90 Å². The third-order valence-electron chi connectivity index (χ3n) is 7.12. The number of rotatable bonds is 5. The number of nitrogens with zero attached hydrogens (tertiary/aromatic N) is 3. The molecule has 8 heteroatoms. The smallest absolute Gasteiger partial charge is 0.407 e. The molecule has 2 aromatic carbocycles. The number of H-pyrrole nitrogens is 2. The molecule has 0 aliphatic carbocycles. The molecule has 0 radical (unpaired) electrons. The van der Waals surface area contributed by atoms with Crippen LogP contribution in [0.4, 0.5) is 4.79 Å². The average Bonchev–Trinajstić information content (AvgIpc) is 3.70. The van der Waals surface area contributed by atoms with E-state index < -0.39 is 6.09 Å². The van der Waals surface area contributed by atoms with Gasteiger partial charge in [-0.1, -0.05) is 48.5 Å². The van der Waals surface area contributed by atoms with Crippen LogP contribution in [0.15, 0.2) is 60.9 Å². The average molecular weight is 469 g/mol. The highest BCUT2D eigenvalue weighted by atomic mass is 16.4. The molecule has 4 heterocycles. The van der Waals surface area contributed by atoms with Crippen molar-refractivity contribution in [1.29, 1.82) is 0 Å². The largest absolute Gasteiger partial charge is 0.465 e. The van der Waals surface area contributed by atoms with E-state index in [0.29, 0.717) is 18.4 Å². The quantitative estimate of drug-likeness (QED) is 0.315. The number of hydrogen-bond donors (Lipinski definition) is 4. The summed E-state index contributed by atoms with van der Waals surface area (Å²) in [6.07, 6.45) is 6.80. The molecule has 1 amide bonds. The van der Waals surface area contributed by atoms with Crippen LogP contribution in [0.25, 0.3) is 33.6 Å². The van der Waals surface area contributed by atoms with Gasteiger partial charge in [-0.2, -0.15) is 0 Å². The minimum Gasteiger partial charge on any atom is -0.465 e. The number of amides is 1. The second kappa shape index (κ2) is 9.03. The maximum Gasteiger partial charge on any atom is 0.407 e. The van der Waals surface area contributed by atoms with E-state index in [4.69, 9.17) is 0 Å². The van der Waals surface area contributed by atoms with Gasteiger partial charge in [0.1, 0.15) is 11.6 Å². The summed E-state index contributed by atoms with van der Waals surface area (Å²) in [4.78, 5) is 28.8. The molecule has 4 aromatic rings. The van der Waals surface area contributed by atoms with Crippen LogP contribution < -0.4 is 5.32 Å². The molecule has 2 aliphatic rings. The lowest BCUT2D eigenvalue weighted by Gasteiger charge is -2.19. The summed E-state index contributed by atoms with van der Waals surface area (Å²) in [6.45, 7) is 1.61. The van der Waals surface area contributed by atoms with Crippen LogP contribution in [0.1, 0.15) is 49.4 Å². The van der Waals surface area contributed by atoms with Crippen LogP contribution in [0.2, 0.25) is 0 Å². The standard InChI is InChI=1S/C27H28N6O2/c34-27(35)33-14-2-4-24(33)26-30-16-23(32-26)20-11-7-18(8-12-20)17-5-9-19(10-6-17)22-15-29-25(31-22)21-3-1-13-28-21/h5-12,15-16,21,24,28H,1-4,13-14H2,(H,29,31)(H,30,32)(H,34,35)/t21-,24-/m0/s1. The number of aromatic amines is 2. The monoisotopic (exact) mass is 468 g/mol. The molecule has 2 saturated heterocycles. The van der Waals surface area contributed by atoms with Crippen LogP contribution in [0, 0.1) is 0 Å². The molecule has 0 saturated carbocycles. The third-order valence-corrected chi connectivity index (χ3v) is 7.12. The molecule has 8 nitrogen and oxygen atoms in total. The molecule has 2 aliphatic heterocycles. The number of carboxylic acid groups (broad SMARTS) is 1. The summed E-state index contributed by atoms with van der Waals surface area (Å²) in [5.74, 6) is 1.73. The van der Waals surface area contributed by atoms with Gasteiger partial charge < -0.3 is 20.4 Å². The molecule has 0 bridgehead atoms. The molecule has 178 valence electrons. The first-order valence-corrected chi connectivity index (χ1v) is 12.2. The van der Waals surface area contributed by atoms with E-state index in [-0.39, 0.29) is 6.04 Å². The van der Waals surface area contributed by atoms with Crippen molar-refractivity contribution < 1.29 is 9.90 Å². The van der Waals surface area contributed by atoms with Gasteiger partial charge in [0.2, 0.25) is 0 Å². The van der Waals surface area contributed by atoms with Crippen molar-refractivity contribution in [2.24, 2.45) is 0 Å². The predicted molar refractivity (Wildman–Crippen MR) is 134 cm³/mol. The Hall–Kier alpha value is -3.91. The number of hydrogen-bond acceptors (Lipinski definition) is 4. The van der Waals surface area contributed by atoms with E-state index in [1.165, 1.54) is 11.3 Å². The Bertz CT molecular complexity index is 1320. The number of likely N-dealkylation sites (tertiary alicyclic amines) is 1. The Morgan fingerprint density at radius 1 is 0.800 bits per heavy atom. The molecule has 2 atom stereocenters. The fraction of sp³-hybridized carbons (Fsp3) is 0.296. The zero-order valence-electron chi connectivity index (χ0n) is 19.4. The van der Waals surface area contributed by atoms with Crippen LogP contribution >= 0.6 is 0 Å². The fourth-order valence-corrected chi connectivity index (χ4v) is 5.20. The Labute approximate surface area is 203 Å². The number of nitrogens with one attached hydrogen (secondary N) is 3. The van der Waals surface area contributed by atoms with Crippen molar-refractivity contribution in [2.45, 2.75) is 37.8 Å². The lowest BCUT2D eigenvalue weighted by atomic mass is 10.0. The van der Waals surface area contributed by atoms with Gasteiger partial charge in [0.05, 0.1) is 35.9 Å². The Balaban J connectivity index is 1.16. The van der Waals surface area contributed by atoms with Crippen molar-refractivity contribution >= 4 is 6.09 Å². The maximum absolute atomic E-state index is 11.5. The van der Waals surface area contributed by atoms with Crippen LogP contribution in [0.3, 0.4) is 0 Å². The summed E-state index contributed by atoms with van der Waals surface area (Å²) >= 11 is 0. The molecule has 2 fully saturated rings. The van der Waals surface area contributed by atoms with Gasteiger partial charge in [-0.15, -0.1) is 0 Å². The first-order valence-electron chi connectivity index (χ1n) is 12.2. The first kappa shape index (κ1) is 21.6. The second-order valence-corrected chi connectivity index (χ2v) is 9.30. The van der Waals surface area contributed by atoms with Gasteiger partial charge >= 0.3 is 6.09 Å². The summed E-state index contributed by atoms with van der Waals surface area (Å²) < 4.78 is 0. The highest BCUT2D eigenvalue weighted by Gasteiger charge is 2.31. The summed E-state index contributed by atoms with van der Waals surface area (Å²) in [5, 5.41) is 12.9. The van der Waals surface area contributed by atoms with Gasteiger partial charge in [0.15, 0.2) is 0 Å². The highest BCUT2D eigenvalue weighted by molar-refractivity contribution is 5.71. The van der Waals surface area contributed by atoms with E-state index in [0.717, 1.165) is 65.3 Å². The number of benzene rings is 2. The Morgan fingerprint density at radius 2 is 1.37 bits per heavy atom. The molecular formula is C27H28N6O2. The fourth-order valence-electron chi connectivity index (χ4n) is 5.20. The van der Waals surface area contributed by atoms with Crippen LogP contribution in [-0.2, 0) is 0 Å². The molecule has 0 spiro atoms. The van der Waals surface area contributed by atoms with Crippen molar-refractivity contribution in [2.75, 3.05) is 13.1 Å². The molecule has 6 rings (SSSR count). The molecule has 4 N–H and O–H groups in total. The SMILES string of the molecule is O=C(O)N1CCC[C@H]1c1ncc(-c2ccc(-c3ccc(-c4cnc([C@@H]5CCCN5)[nH]4)cc3)cc2)[nH]1. The predicted octanol–water partition coefficient (Wildman–Crippen LogP) is 5.37. The Morgan fingerprint density at radius 3 is 1.94 bits per heavy atom. The second-order valence-electron chi connectivity index (χ2n) is 9.30. The van der Waals surface area contributed by atoms with Gasteiger partial charge in [0, 0.05) is 6.54 Å². The first-order chi connectivity index (χ1) is 17.2. The summed E-state index contributed by atoms with van der Waals surface area (Å²) in [7, 11) is 0. The van der Waals surface area contributed by atoms with Gasteiger partial charge in [-0.05, 0) is 54.5 Å². The highest BCUT2D eigenvalue weighted by Crippen LogP contribution is 2.32. The van der Waals surface area contributed by atoms with Crippen molar-refractivity contribution in [1.82, 2.24) is 30.2 Å². The number of carbonyl (C=O) groups is 1. The minimum atomic E-state index is -0.889. The zero-order valence-corrected chi connectivity index (χ0v) is 19.4. The van der Waals surface area contributed by atoms with Gasteiger partial charge in [-0.3, -0.25) is 4.90 Å². The summed E-state index contributed by atoms with van der Waals surface area (Å²) in [6, 6.07) is 17.0. The number of imidazole rings is 2. The van der Waals surface area contributed by atoms with E-state index in [1.807, 2.05) is 6.20 Å². The topological polar surface area (TPSA) is 110 Å². The van der Waals surface area contributed by atoms with Crippen molar-refractivity contribution in [3.63, 3.8) is 0 Å². The van der Waals surface area contributed by atoms with Gasteiger partial charge in [-0.25, -0.2) is 14.8 Å². The number of aromatic nitrogens is 4. The third kappa shape index (κ3) is 4.21. The van der Waals surface area contributed by atoms with Gasteiger partial charge in [0.25, 0.3) is 0 Å². The van der Waals surface area contributed by atoms with E-state index >= 15 is 0 Å². The molecule has 35 heavy (non-hydrogen) atoms. The van der Waals surface area contributed by atoms with Crippen LogP contribution in [0.5, 0.6) is 0 Å². The van der Waals surface area contributed by atoms with Crippen LogP contribution in [-0.4, -0.2) is 49.1 Å². The normalized spacial score (nSPS) is 19.9. The maximum atomic E-state index is 11.5. The van der Waals surface area contributed by atoms with Crippen molar-refractivity contribution in [3.05, 3.63) is 72.6 Å². The molecular weight excluding hydrogens is 440 g/mol. The van der Waals surface area contributed by atoms with E-state index in [2.05, 4.69) is 73.8 Å². The molecule has 2 aromatic heterocycles.